The van der Waals surface area contributed by atoms with Crippen LogP contribution in [-0.4, -0.2) is 26.8 Å². The molecule has 0 saturated heterocycles. The quantitative estimate of drug-likeness (QED) is 0.300. The summed E-state index contributed by atoms with van der Waals surface area (Å²) in [6, 6.07) is 13.5. The number of hydrogen-bond donors (Lipinski definition) is 2. The highest BCUT2D eigenvalue weighted by Crippen LogP contribution is 2.18. The number of amides is 1. The monoisotopic (exact) mass is 364 g/mol. The van der Waals surface area contributed by atoms with Crippen LogP contribution in [-0.2, 0) is 6.54 Å². The van der Waals surface area contributed by atoms with Crippen molar-refractivity contribution in [3.05, 3.63) is 87.7 Å². The summed E-state index contributed by atoms with van der Waals surface area (Å²) in [5.74, 6) is -0.599. The van der Waals surface area contributed by atoms with E-state index in [0.29, 0.717) is 12.1 Å². The zero-order chi connectivity index (χ0) is 19.2. The summed E-state index contributed by atoms with van der Waals surface area (Å²) in [4.78, 5) is 22.3. The first kappa shape index (κ1) is 17.8. The zero-order valence-electron chi connectivity index (χ0n) is 14.1. The number of nitro groups is 1. The van der Waals surface area contributed by atoms with Gasteiger partial charge in [0.25, 0.3) is 11.6 Å². The lowest BCUT2D eigenvalue weighted by Crippen LogP contribution is -2.18. The Bertz CT molecular complexity index is 997. The van der Waals surface area contributed by atoms with E-state index in [-0.39, 0.29) is 16.9 Å². The van der Waals surface area contributed by atoms with Crippen LogP contribution in [0.25, 0.3) is 0 Å². The van der Waals surface area contributed by atoms with Gasteiger partial charge in [0.2, 0.25) is 0 Å². The molecule has 3 N–H and O–H groups in total. The van der Waals surface area contributed by atoms with E-state index in [1.165, 1.54) is 18.3 Å². The molecule has 136 valence electrons. The smallest absolute Gasteiger partial charge is 0.272 e. The van der Waals surface area contributed by atoms with Crippen molar-refractivity contribution in [2.75, 3.05) is 5.73 Å². The first-order valence-corrected chi connectivity index (χ1v) is 7.96. The molecule has 27 heavy (non-hydrogen) atoms. The maximum absolute atomic E-state index is 12.1. The highest BCUT2D eigenvalue weighted by molar-refractivity contribution is 5.96. The van der Waals surface area contributed by atoms with Crippen LogP contribution in [0.3, 0.4) is 0 Å². The number of non-ortho nitro benzene ring substituents is 1. The molecular formula is C18H16N6O3. The number of rotatable bonds is 6. The number of nitrogen functional groups attached to an aromatic ring is 1. The number of carbonyl (C=O) groups excluding carboxylic acids is 1. The Labute approximate surface area is 154 Å². The van der Waals surface area contributed by atoms with E-state index in [4.69, 9.17) is 5.73 Å². The van der Waals surface area contributed by atoms with Gasteiger partial charge in [-0.3, -0.25) is 19.6 Å². The maximum atomic E-state index is 12.1. The lowest BCUT2D eigenvalue weighted by atomic mass is 10.1. The fourth-order valence-corrected chi connectivity index (χ4v) is 2.40. The minimum absolute atomic E-state index is 0.0543. The molecule has 0 radical (unpaired) electrons. The molecule has 0 atom stereocenters. The number of nitrogens with zero attached hydrogens (tertiary/aromatic N) is 4. The Balaban J connectivity index is 1.62. The molecule has 0 unspecified atom stereocenters. The molecule has 0 fully saturated rings. The standard InChI is InChI=1S/C18H16N6O3/c19-16-6-15(7-17(8-16)24(26)27)18(25)22-20-9-14-10-21-23(12-14)11-13-4-2-1-3-5-13/h1-10,12H,11,19H2,(H,22,25)/b20-9-. The number of benzene rings is 2. The minimum Gasteiger partial charge on any atom is -0.399 e. The van der Waals surface area contributed by atoms with E-state index in [1.807, 2.05) is 30.3 Å². The highest BCUT2D eigenvalue weighted by atomic mass is 16.6. The number of nitro benzene ring substituents is 1. The van der Waals surface area contributed by atoms with Gasteiger partial charge in [-0.05, 0) is 11.6 Å². The topological polar surface area (TPSA) is 128 Å². The van der Waals surface area contributed by atoms with Gasteiger partial charge < -0.3 is 5.73 Å². The molecule has 9 nitrogen and oxygen atoms in total. The second kappa shape index (κ2) is 7.91. The van der Waals surface area contributed by atoms with Crippen molar-refractivity contribution in [3.63, 3.8) is 0 Å². The molecule has 0 saturated carbocycles. The van der Waals surface area contributed by atoms with E-state index in [0.717, 1.165) is 11.6 Å². The Morgan fingerprint density at radius 2 is 2.07 bits per heavy atom. The van der Waals surface area contributed by atoms with Crippen LogP contribution >= 0.6 is 0 Å². The van der Waals surface area contributed by atoms with E-state index < -0.39 is 10.8 Å². The van der Waals surface area contributed by atoms with Crippen LogP contribution in [0.2, 0.25) is 0 Å². The molecule has 0 aliphatic carbocycles. The van der Waals surface area contributed by atoms with Crippen molar-refractivity contribution in [2.24, 2.45) is 5.10 Å². The van der Waals surface area contributed by atoms with Crippen molar-refractivity contribution >= 4 is 23.5 Å². The third-order valence-corrected chi connectivity index (χ3v) is 3.63. The summed E-state index contributed by atoms with van der Waals surface area (Å²) in [7, 11) is 0. The second-order valence-electron chi connectivity index (χ2n) is 5.73. The summed E-state index contributed by atoms with van der Waals surface area (Å²) >= 11 is 0. The molecule has 0 aliphatic heterocycles. The molecule has 1 aromatic heterocycles. The molecule has 9 heteroatoms. The Morgan fingerprint density at radius 1 is 1.30 bits per heavy atom. The number of hydrogen-bond acceptors (Lipinski definition) is 6. The van der Waals surface area contributed by atoms with E-state index >= 15 is 0 Å². The van der Waals surface area contributed by atoms with Crippen LogP contribution in [0.4, 0.5) is 11.4 Å². The van der Waals surface area contributed by atoms with Gasteiger partial charge in [-0.1, -0.05) is 30.3 Å². The largest absolute Gasteiger partial charge is 0.399 e. The maximum Gasteiger partial charge on any atom is 0.272 e. The van der Waals surface area contributed by atoms with Crippen molar-refractivity contribution in [3.8, 4) is 0 Å². The molecular weight excluding hydrogens is 348 g/mol. The number of aromatic nitrogens is 2. The van der Waals surface area contributed by atoms with Crippen molar-refractivity contribution in [1.82, 2.24) is 15.2 Å². The van der Waals surface area contributed by atoms with E-state index in [2.05, 4.69) is 15.6 Å². The number of anilines is 1. The van der Waals surface area contributed by atoms with Crippen LogP contribution < -0.4 is 11.2 Å². The van der Waals surface area contributed by atoms with Crippen LogP contribution in [0.5, 0.6) is 0 Å². The van der Waals surface area contributed by atoms with E-state index in [1.54, 1.807) is 17.1 Å². The summed E-state index contributed by atoms with van der Waals surface area (Å²) in [5, 5.41) is 18.9. The van der Waals surface area contributed by atoms with Crippen molar-refractivity contribution in [1.29, 1.82) is 0 Å². The molecule has 0 bridgehead atoms. The second-order valence-corrected chi connectivity index (χ2v) is 5.73. The third-order valence-electron chi connectivity index (χ3n) is 3.63. The first-order valence-electron chi connectivity index (χ1n) is 7.96. The average Bonchev–Trinajstić information content (AvgIpc) is 3.09. The fraction of sp³-hybridized carbons (Fsp3) is 0.0556. The zero-order valence-corrected chi connectivity index (χ0v) is 14.1. The van der Waals surface area contributed by atoms with E-state index in [9.17, 15) is 14.9 Å². The molecule has 1 heterocycles. The average molecular weight is 364 g/mol. The lowest BCUT2D eigenvalue weighted by Gasteiger charge is -2.01. The van der Waals surface area contributed by atoms with Crippen molar-refractivity contribution in [2.45, 2.75) is 6.54 Å². The fourth-order valence-electron chi connectivity index (χ4n) is 2.40. The molecule has 0 spiro atoms. The summed E-state index contributed by atoms with van der Waals surface area (Å²) in [6.45, 7) is 0.619. The Morgan fingerprint density at radius 3 is 2.81 bits per heavy atom. The van der Waals surface area contributed by atoms with Crippen LogP contribution in [0, 0.1) is 10.1 Å². The first-order chi connectivity index (χ1) is 13.0. The van der Waals surface area contributed by atoms with Crippen molar-refractivity contribution < 1.29 is 9.72 Å². The number of hydrazone groups is 1. The predicted octanol–water partition coefficient (Wildman–Crippen LogP) is 2.19. The van der Waals surface area contributed by atoms with Gasteiger partial charge in [-0.15, -0.1) is 0 Å². The molecule has 1 amide bonds. The summed E-state index contributed by atoms with van der Waals surface area (Å²) < 4.78 is 1.75. The minimum atomic E-state index is -0.614. The van der Waals surface area contributed by atoms with Gasteiger partial charge in [0.1, 0.15) is 0 Å². The molecule has 3 rings (SSSR count). The van der Waals surface area contributed by atoms with Gasteiger partial charge in [0.15, 0.2) is 0 Å². The molecule has 2 aromatic carbocycles. The highest BCUT2D eigenvalue weighted by Gasteiger charge is 2.13. The Kier molecular flexibility index (Phi) is 5.22. The van der Waals surface area contributed by atoms with Gasteiger partial charge in [0.05, 0.1) is 29.4 Å². The van der Waals surface area contributed by atoms with Gasteiger partial charge in [-0.2, -0.15) is 10.2 Å². The Hall–Kier alpha value is -4.01. The number of nitrogens with one attached hydrogen (secondary N) is 1. The lowest BCUT2D eigenvalue weighted by molar-refractivity contribution is -0.384. The molecule has 3 aromatic rings. The third kappa shape index (κ3) is 4.75. The number of nitrogens with two attached hydrogens (primary N) is 1. The summed E-state index contributed by atoms with van der Waals surface area (Å²) in [5.41, 5.74) is 9.63. The van der Waals surface area contributed by atoms with Gasteiger partial charge in [-0.25, -0.2) is 5.43 Å². The SMILES string of the molecule is Nc1cc(C(=O)N/N=C\c2cnn(Cc3ccccc3)c2)cc([N+](=O)[O-])c1. The molecule has 0 aliphatic rings. The van der Waals surface area contributed by atoms with Crippen LogP contribution in [0.1, 0.15) is 21.5 Å². The predicted molar refractivity (Wildman–Crippen MR) is 100 cm³/mol. The number of carbonyl (C=O) groups is 1. The van der Waals surface area contributed by atoms with Crippen LogP contribution in [0.15, 0.2) is 66.0 Å². The van der Waals surface area contributed by atoms with Gasteiger partial charge in [0, 0.05) is 29.6 Å². The summed E-state index contributed by atoms with van der Waals surface area (Å²) in [6.07, 6.45) is 4.84. The normalized spacial score (nSPS) is 10.8. The van der Waals surface area contributed by atoms with Gasteiger partial charge >= 0.3 is 0 Å².